The molecule has 0 saturated carbocycles. The number of hydrogen-bond acceptors (Lipinski definition) is 3. The van der Waals surface area contributed by atoms with Gasteiger partial charge in [-0.15, -0.1) is 0 Å². The molecule has 7 heteroatoms. The summed E-state index contributed by atoms with van der Waals surface area (Å²) in [5.41, 5.74) is 3.44. The summed E-state index contributed by atoms with van der Waals surface area (Å²) in [4.78, 5) is 11.9. The van der Waals surface area contributed by atoms with Gasteiger partial charge in [0.1, 0.15) is 0 Å². The molecule has 1 amide bonds. The maximum Gasteiger partial charge on any atom is 0.271 e. The van der Waals surface area contributed by atoms with Gasteiger partial charge < -0.3 is 4.74 Å². The van der Waals surface area contributed by atoms with Crippen LogP contribution in [0.1, 0.15) is 15.9 Å². The lowest BCUT2D eigenvalue weighted by Crippen LogP contribution is -2.17. The summed E-state index contributed by atoms with van der Waals surface area (Å²) in [5.74, 6) is 0.0212. The smallest absolute Gasteiger partial charge is 0.271 e. The SMILES string of the molecule is COc1c(Cl)cc(/C=N\NC(=O)c2cccc(Cl)c2)cc1Cl. The van der Waals surface area contributed by atoms with E-state index in [9.17, 15) is 4.79 Å². The third-order valence-corrected chi connectivity index (χ3v) is 3.49. The highest BCUT2D eigenvalue weighted by Gasteiger charge is 2.08. The standard InChI is InChI=1S/C15H11Cl3N2O2/c1-22-14-12(17)5-9(6-13(14)18)8-19-20-15(21)10-3-2-4-11(16)7-10/h2-8H,1H3,(H,20,21)/b19-8-. The average molecular weight is 358 g/mol. The van der Waals surface area contributed by atoms with Gasteiger partial charge in [-0.3, -0.25) is 4.79 Å². The molecule has 2 aromatic carbocycles. The molecule has 2 rings (SSSR count). The minimum absolute atomic E-state index is 0.359. The summed E-state index contributed by atoms with van der Waals surface area (Å²) in [7, 11) is 1.48. The first-order chi connectivity index (χ1) is 10.5. The summed E-state index contributed by atoms with van der Waals surface area (Å²) in [6.07, 6.45) is 1.43. The molecular weight excluding hydrogens is 347 g/mol. The van der Waals surface area contributed by atoms with Crippen LogP contribution in [0.5, 0.6) is 5.75 Å². The third-order valence-electron chi connectivity index (χ3n) is 2.69. The van der Waals surface area contributed by atoms with Crippen molar-refractivity contribution in [2.24, 2.45) is 5.10 Å². The minimum atomic E-state index is -0.371. The van der Waals surface area contributed by atoms with Crippen LogP contribution < -0.4 is 10.2 Å². The van der Waals surface area contributed by atoms with Crippen LogP contribution in [0.15, 0.2) is 41.5 Å². The van der Waals surface area contributed by atoms with Crippen LogP contribution in [0.4, 0.5) is 0 Å². The lowest BCUT2D eigenvalue weighted by Gasteiger charge is -2.06. The predicted molar refractivity (Wildman–Crippen MR) is 89.5 cm³/mol. The number of carbonyl (C=O) groups is 1. The van der Waals surface area contributed by atoms with Crippen LogP contribution in [0.3, 0.4) is 0 Å². The third kappa shape index (κ3) is 4.13. The molecule has 0 aliphatic heterocycles. The minimum Gasteiger partial charge on any atom is -0.494 e. The van der Waals surface area contributed by atoms with Crippen LogP contribution >= 0.6 is 34.8 Å². The van der Waals surface area contributed by atoms with Gasteiger partial charge in [0.25, 0.3) is 5.91 Å². The van der Waals surface area contributed by atoms with Gasteiger partial charge in [0, 0.05) is 10.6 Å². The summed E-state index contributed by atoms with van der Waals surface area (Å²) >= 11 is 17.9. The van der Waals surface area contributed by atoms with Gasteiger partial charge in [-0.2, -0.15) is 5.10 Å². The molecule has 0 spiro atoms. The predicted octanol–water partition coefficient (Wildman–Crippen LogP) is 4.42. The largest absolute Gasteiger partial charge is 0.494 e. The Hall–Kier alpha value is -1.75. The van der Waals surface area contributed by atoms with Crippen LogP contribution in [-0.2, 0) is 0 Å². The second kappa shape index (κ2) is 7.49. The van der Waals surface area contributed by atoms with Crippen LogP contribution in [0.2, 0.25) is 15.1 Å². The lowest BCUT2D eigenvalue weighted by molar-refractivity contribution is 0.0955. The van der Waals surface area contributed by atoms with Gasteiger partial charge in [0.15, 0.2) is 5.75 Å². The molecule has 0 aliphatic carbocycles. The Bertz CT molecular complexity index is 709. The zero-order chi connectivity index (χ0) is 16.1. The number of rotatable bonds is 4. The number of halogens is 3. The monoisotopic (exact) mass is 356 g/mol. The van der Waals surface area contributed by atoms with E-state index >= 15 is 0 Å². The normalized spacial score (nSPS) is 10.7. The first-order valence-corrected chi connectivity index (χ1v) is 7.26. The van der Waals surface area contributed by atoms with Crippen molar-refractivity contribution >= 4 is 46.9 Å². The molecule has 22 heavy (non-hydrogen) atoms. The number of hydrazone groups is 1. The zero-order valence-corrected chi connectivity index (χ0v) is 13.7. The average Bonchev–Trinajstić information content (AvgIpc) is 2.47. The summed E-state index contributed by atoms with van der Waals surface area (Å²) in [5, 5.41) is 5.05. The topological polar surface area (TPSA) is 50.7 Å². The molecule has 0 bridgehead atoms. The fourth-order valence-electron chi connectivity index (χ4n) is 1.71. The Kier molecular flexibility index (Phi) is 5.66. The number of nitrogens with one attached hydrogen (secondary N) is 1. The van der Waals surface area contributed by atoms with E-state index in [0.717, 1.165) is 0 Å². The Morgan fingerprint density at radius 3 is 2.45 bits per heavy atom. The second-order valence-electron chi connectivity index (χ2n) is 4.23. The van der Waals surface area contributed by atoms with E-state index in [1.54, 1.807) is 36.4 Å². The van der Waals surface area contributed by atoms with Gasteiger partial charge in [-0.05, 0) is 35.9 Å². The number of amides is 1. The molecule has 0 radical (unpaired) electrons. The first-order valence-electron chi connectivity index (χ1n) is 6.13. The fourth-order valence-corrected chi connectivity index (χ4v) is 2.56. The second-order valence-corrected chi connectivity index (χ2v) is 5.48. The molecule has 0 heterocycles. The molecule has 4 nitrogen and oxygen atoms in total. The Morgan fingerprint density at radius 1 is 1.18 bits per heavy atom. The van der Waals surface area contributed by atoms with Crippen LogP contribution in [-0.4, -0.2) is 19.2 Å². The Labute approximate surface area is 142 Å². The van der Waals surface area contributed by atoms with Crippen molar-refractivity contribution in [3.8, 4) is 5.75 Å². The number of benzene rings is 2. The van der Waals surface area contributed by atoms with Crippen molar-refractivity contribution in [3.63, 3.8) is 0 Å². The lowest BCUT2D eigenvalue weighted by atomic mass is 10.2. The Balaban J connectivity index is 2.08. The van der Waals surface area contributed by atoms with Crippen LogP contribution in [0.25, 0.3) is 0 Å². The highest BCUT2D eigenvalue weighted by atomic mass is 35.5. The van der Waals surface area contributed by atoms with Crippen molar-refractivity contribution in [1.29, 1.82) is 0 Å². The summed E-state index contributed by atoms with van der Waals surface area (Å²) in [6, 6.07) is 9.81. The number of ether oxygens (including phenoxy) is 1. The van der Waals surface area contributed by atoms with Crippen molar-refractivity contribution in [2.45, 2.75) is 0 Å². The highest BCUT2D eigenvalue weighted by molar-refractivity contribution is 6.37. The van der Waals surface area contributed by atoms with Gasteiger partial charge in [-0.25, -0.2) is 5.43 Å². The first kappa shape index (κ1) is 16.6. The molecular formula is C15H11Cl3N2O2. The van der Waals surface area contributed by atoms with Gasteiger partial charge in [0.05, 0.1) is 23.4 Å². The van der Waals surface area contributed by atoms with Crippen molar-refractivity contribution in [3.05, 3.63) is 62.6 Å². The summed E-state index contributed by atoms with van der Waals surface area (Å²) in [6.45, 7) is 0. The maximum absolute atomic E-state index is 11.9. The van der Waals surface area contributed by atoms with E-state index in [0.29, 0.717) is 31.9 Å². The zero-order valence-electron chi connectivity index (χ0n) is 11.4. The molecule has 1 N–H and O–H groups in total. The van der Waals surface area contributed by atoms with Crippen molar-refractivity contribution < 1.29 is 9.53 Å². The van der Waals surface area contributed by atoms with Crippen LogP contribution in [0, 0.1) is 0 Å². The van der Waals surface area contributed by atoms with Crippen molar-refractivity contribution in [2.75, 3.05) is 7.11 Å². The highest BCUT2D eigenvalue weighted by Crippen LogP contribution is 2.33. The van der Waals surface area contributed by atoms with E-state index in [2.05, 4.69) is 10.5 Å². The molecule has 0 unspecified atom stereocenters. The van der Waals surface area contributed by atoms with E-state index in [1.807, 2.05) is 0 Å². The number of nitrogens with zero attached hydrogens (tertiary/aromatic N) is 1. The number of hydrogen-bond donors (Lipinski definition) is 1. The molecule has 2 aromatic rings. The van der Waals surface area contributed by atoms with Gasteiger partial charge in [0.2, 0.25) is 0 Å². The van der Waals surface area contributed by atoms with E-state index < -0.39 is 0 Å². The van der Waals surface area contributed by atoms with E-state index in [1.165, 1.54) is 13.3 Å². The Morgan fingerprint density at radius 2 is 1.86 bits per heavy atom. The number of methoxy groups -OCH3 is 1. The van der Waals surface area contributed by atoms with Crippen molar-refractivity contribution in [1.82, 2.24) is 5.43 Å². The van der Waals surface area contributed by atoms with Gasteiger partial charge >= 0.3 is 0 Å². The number of carbonyl (C=O) groups excluding carboxylic acids is 1. The molecule has 0 atom stereocenters. The van der Waals surface area contributed by atoms with E-state index in [4.69, 9.17) is 39.5 Å². The summed E-state index contributed by atoms with van der Waals surface area (Å²) < 4.78 is 5.05. The van der Waals surface area contributed by atoms with E-state index in [-0.39, 0.29) is 5.91 Å². The quantitative estimate of drug-likeness (QED) is 0.650. The molecule has 0 aromatic heterocycles. The molecule has 0 saturated heterocycles. The molecule has 0 fully saturated rings. The fraction of sp³-hybridized carbons (Fsp3) is 0.0667. The van der Waals surface area contributed by atoms with Gasteiger partial charge in [-0.1, -0.05) is 40.9 Å². The maximum atomic E-state index is 11.9. The molecule has 0 aliphatic rings. The molecule has 114 valence electrons.